The van der Waals surface area contributed by atoms with Gasteiger partial charge in [-0.15, -0.1) is 0 Å². The number of hydrogen-bond donors (Lipinski definition) is 1. The number of ether oxygens (including phenoxy) is 1. The molecule has 1 aromatic heterocycles. The molecule has 3 atom stereocenters. The van der Waals surface area contributed by atoms with E-state index in [0.29, 0.717) is 5.56 Å². The van der Waals surface area contributed by atoms with Gasteiger partial charge in [0, 0.05) is 12.6 Å². The second-order valence-corrected chi connectivity index (χ2v) is 4.73. The summed E-state index contributed by atoms with van der Waals surface area (Å²) >= 11 is 0. The Morgan fingerprint density at radius 1 is 1.63 bits per heavy atom. The van der Waals surface area contributed by atoms with Crippen LogP contribution in [0, 0.1) is 10.1 Å². The number of ketones is 1. The molecule has 0 radical (unpaired) electrons. The highest BCUT2D eigenvalue weighted by Gasteiger charge is 2.45. The highest BCUT2D eigenvalue weighted by Crippen LogP contribution is 2.37. The molecule has 0 spiro atoms. The van der Waals surface area contributed by atoms with Crippen LogP contribution in [0.15, 0.2) is 18.5 Å². The largest absolute Gasteiger partial charge is 0.380 e. The smallest absolute Gasteiger partial charge is 0.293 e. The maximum Gasteiger partial charge on any atom is 0.293 e. The molecule has 0 unspecified atom stereocenters. The number of Topliss-reactive ketones (excluding diaryl/α,β-unsaturated/α-hetero) is 1. The summed E-state index contributed by atoms with van der Waals surface area (Å²) in [6.45, 7) is 2.95. The van der Waals surface area contributed by atoms with Crippen molar-refractivity contribution in [1.29, 1.82) is 0 Å². The summed E-state index contributed by atoms with van der Waals surface area (Å²) in [5, 5.41) is 20.9. The number of aliphatic hydroxyl groups is 1. The first-order valence-corrected chi connectivity index (χ1v) is 5.83. The van der Waals surface area contributed by atoms with Crippen molar-refractivity contribution in [3.8, 4) is 0 Å². The fourth-order valence-corrected chi connectivity index (χ4v) is 2.03. The Balaban J connectivity index is 2.35. The molecule has 7 nitrogen and oxygen atoms in total. The van der Waals surface area contributed by atoms with Gasteiger partial charge in [-0.2, -0.15) is 0 Å². The summed E-state index contributed by atoms with van der Waals surface area (Å²) in [6.07, 6.45) is 0.980. The standard InChI is InChI=1S/C12H14N2O5/c1-7-12(2,16)11(15)5-10(19-7)8-3-4-13-6-9(8)14(17)18/h3-4,6-7,10,16H,5H2,1-2H3/t7-,10-,12-/m1/s1. The number of pyridine rings is 1. The Hall–Kier alpha value is -1.86. The average Bonchev–Trinajstić information content (AvgIpc) is 2.36. The summed E-state index contributed by atoms with van der Waals surface area (Å²) in [5.74, 6) is -0.387. The second-order valence-electron chi connectivity index (χ2n) is 4.73. The van der Waals surface area contributed by atoms with Gasteiger partial charge in [-0.1, -0.05) is 0 Å². The Morgan fingerprint density at radius 2 is 2.32 bits per heavy atom. The van der Waals surface area contributed by atoms with E-state index in [4.69, 9.17) is 4.74 Å². The van der Waals surface area contributed by atoms with Crippen molar-refractivity contribution in [2.24, 2.45) is 0 Å². The number of hydrogen-bond acceptors (Lipinski definition) is 6. The Morgan fingerprint density at radius 3 is 2.89 bits per heavy atom. The van der Waals surface area contributed by atoms with Crippen molar-refractivity contribution in [2.45, 2.75) is 38.1 Å². The van der Waals surface area contributed by atoms with Gasteiger partial charge in [0.15, 0.2) is 5.78 Å². The van der Waals surface area contributed by atoms with Gasteiger partial charge >= 0.3 is 0 Å². The molecule has 1 aromatic rings. The van der Waals surface area contributed by atoms with E-state index in [1.165, 1.54) is 19.2 Å². The van der Waals surface area contributed by atoms with E-state index in [0.717, 1.165) is 6.20 Å². The predicted molar refractivity (Wildman–Crippen MR) is 64.4 cm³/mol. The quantitative estimate of drug-likeness (QED) is 0.636. The monoisotopic (exact) mass is 266 g/mol. The van der Waals surface area contributed by atoms with Gasteiger partial charge in [-0.3, -0.25) is 19.9 Å². The van der Waals surface area contributed by atoms with E-state index < -0.39 is 22.7 Å². The van der Waals surface area contributed by atoms with Crippen LogP contribution in [0.4, 0.5) is 5.69 Å². The zero-order valence-corrected chi connectivity index (χ0v) is 10.6. The van der Waals surface area contributed by atoms with Gasteiger partial charge in [-0.05, 0) is 19.9 Å². The van der Waals surface area contributed by atoms with Crippen LogP contribution in [0.25, 0.3) is 0 Å². The maximum atomic E-state index is 11.9. The zero-order chi connectivity index (χ0) is 14.2. The van der Waals surface area contributed by atoms with E-state index in [9.17, 15) is 20.0 Å². The first kappa shape index (κ1) is 13.6. The topological polar surface area (TPSA) is 103 Å². The molecule has 102 valence electrons. The molecule has 0 saturated carbocycles. The lowest BCUT2D eigenvalue weighted by Crippen LogP contribution is -2.51. The second kappa shape index (κ2) is 4.67. The van der Waals surface area contributed by atoms with Crippen molar-refractivity contribution in [3.63, 3.8) is 0 Å². The first-order valence-electron chi connectivity index (χ1n) is 5.83. The van der Waals surface area contributed by atoms with Crippen LogP contribution in [-0.4, -0.2) is 32.5 Å². The number of nitro groups is 1. The Bertz CT molecular complexity index is 529. The van der Waals surface area contributed by atoms with Crippen molar-refractivity contribution in [2.75, 3.05) is 0 Å². The fourth-order valence-electron chi connectivity index (χ4n) is 2.03. The molecule has 2 rings (SSSR count). The van der Waals surface area contributed by atoms with Crippen molar-refractivity contribution < 1.29 is 19.6 Å². The van der Waals surface area contributed by atoms with E-state index in [2.05, 4.69) is 4.98 Å². The predicted octanol–water partition coefficient (Wildman–Crippen LogP) is 1.16. The highest BCUT2D eigenvalue weighted by molar-refractivity contribution is 5.88. The summed E-state index contributed by atoms with van der Waals surface area (Å²) in [4.78, 5) is 25.9. The summed E-state index contributed by atoms with van der Waals surface area (Å²) < 4.78 is 5.55. The normalized spacial score (nSPS) is 31.2. The maximum absolute atomic E-state index is 11.9. The Kier molecular flexibility index (Phi) is 3.34. The Labute approximate surface area is 109 Å². The number of carbonyl (C=O) groups excluding carboxylic acids is 1. The molecule has 0 bridgehead atoms. The third kappa shape index (κ3) is 2.34. The van der Waals surface area contributed by atoms with Crippen LogP contribution in [-0.2, 0) is 9.53 Å². The van der Waals surface area contributed by atoms with Crippen LogP contribution in [0.5, 0.6) is 0 Å². The molecule has 2 heterocycles. The van der Waals surface area contributed by atoms with E-state index in [-0.39, 0.29) is 17.9 Å². The van der Waals surface area contributed by atoms with Crippen LogP contribution < -0.4 is 0 Å². The molecule has 1 saturated heterocycles. The average molecular weight is 266 g/mol. The fraction of sp³-hybridized carbons (Fsp3) is 0.500. The number of aromatic nitrogens is 1. The van der Waals surface area contributed by atoms with E-state index in [1.54, 1.807) is 6.92 Å². The lowest BCUT2D eigenvalue weighted by Gasteiger charge is -2.37. The van der Waals surface area contributed by atoms with E-state index >= 15 is 0 Å². The van der Waals surface area contributed by atoms with Gasteiger partial charge in [-0.25, -0.2) is 0 Å². The number of carbonyl (C=O) groups is 1. The van der Waals surface area contributed by atoms with E-state index in [1.807, 2.05) is 0 Å². The number of rotatable bonds is 2. The number of nitrogens with zero attached hydrogens (tertiary/aromatic N) is 2. The molecular formula is C12H14N2O5. The first-order chi connectivity index (χ1) is 8.84. The van der Waals surface area contributed by atoms with Gasteiger partial charge in [0.25, 0.3) is 5.69 Å². The molecule has 0 amide bonds. The minimum atomic E-state index is -1.56. The van der Waals surface area contributed by atoms with Gasteiger partial charge in [0.05, 0.1) is 22.7 Å². The third-order valence-electron chi connectivity index (χ3n) is 3.47. The summed E-state index contributed by atoms with van der Waals surface area (Å²) in [7, 11) is 0. The highest BCUT2D eigenvalue weighted by atomic mass is 16.6. The minimum absolute atomic E-state index is 0.0950. The zero-order valence-electron chi connectivity index (χ0n) is 10.6. The summed E-state index contributed by atoms with van der Waals surface area (Å²) in [5.41, 5.74) is -1.44. The van der Waals surface area contributed by atoms with Crippen molar-refractivity contribution in [3.05, 3.63) is 34.1 Å². The van der Waals surface area contributed by atoms with Crippen LogP contribution in [0.2, 0.25) is 0 Å². The lowest BCUT2D eigenvalue weighted by atomic mass is 9.86. The van der Waals surface area contributed by atoms with Gasteiger partial charge in [0.2, 0.25) is 0 Å². The molecule has 0 aliphatic carbocycles. The van der Waals surface area contributed by atoms with Crippen LogP contribution >= 0.6 is 0 Å². The van der Waals surface area contributed by atoms with Crippen LogP contribution in [0.3, 0.4) is 0 Å². The molecule has 1 N–H and O–H groups in total. The molecule has 7 heteroatoms. The SMILES string of the molecule is C[C@H]1O[C@@H](c2ccncc2[N+](=O)[O-])CC(=O)[C@]1(C)O. The van der Waals surface area contributed by atoms with Gasteiger partial charge in [0.1, 0.15) is 11.8 Å². The molecular weight excluding hydrogens is 252 g/mol. The lowest BCUT2D eigenvalue weighted by molar-refractivity contribution is -0.386. The minimum Gasteiger partial charge on any atom is -0.380 e. The van der Waals surface area contributed by atoms with Crippen molar-refractivity contribution >= 4 is 11.5 Å². The molecule has 19 heavy (non-hydrogen) atoms. The molecule has 1 aliphatic rings. The van der Waals surface area contributed by atoms with Crippen LogP contribution in [0.1, 0.15) is 31.9 Å². The molecule has 1 aliphatic heterocycles. The van der Waals surface area contributed by atoms with Crippen molar-refractivity contribution in [1.82, 2.24) is 4.98 Å². The third-order valence-corrected chi connectivity index (χ3v) is 3.47. The molecule has 1 fully saturated rings. The van der Waals surface area contributed by atoms with Gasteiger partial charge < -0.3 is 9.84 Å². The summed E-state index contributed by atoms with van der Waals surface area (Å²) in [6, 6.07) is 1.46. The molecule has 0 aromatic carbocycles.